The highest BCUT2D eigenvalue weighted by Crippen LogP contribution is 2.37. The summed E-state index contributed by atoms with van der Waals surface area (Å²) in [5, 5.41) is 16.2. The Hall–Kier alpha value is -1.07. The van der Waals surface area contributed by atoms with E-state index in [4.69, 9.17) is 4.74 Å². The Morgan fingerprint density at radius 2 is 1.93 bits per heavy atom. The molecule has 27 heavy (non-hydrogen) atoms. The van der Waals surface area contributed by atoms with Gasteiger partial charge in [0, 0.05) is 17.5 Å². The van der Waals surface area contributed by atoms with E-state index in [1.165, 1.54) is 54.5 Å². The van der Waals surface area contributed by atoms with Gasteiger partial charge in [0.25, 0.3) is 0 Å². The van der Waals surface area contributed by atoms with Crippen molar-refractivity contribution in [1.82, 2.24) is 5.32 Å². The number of hydrogen-bond donors (Lipinski definition) is 2. The van der Waals surface area contributed by atoms with Crippen molar-refractivity contribution < 1.29 is 9.84 Å². The number of rotatable bonds is 8. The van der Waals surface area contributed by atoms with Crippen molar-refractivity contribution in [3.8, 4) is 5.75 Å². The molecule has 1 saturated carbocycles. The first-order valence-corrected chi connectivity index (χ1v) is 10.9. The molecule has 5 heteroatoms. The van der Waals surface area contributed by atoms with Gasteiger partial charge in [0.2, 0.25) is 0 Å². The molecule has 1 aromatic carbocycles. The van der Waals surface area contributed by atoms with E-state index in [9.17, 15) is 5.11 Å². The molecule has 2 aliphatic rings. The van der Waals surface area contributed by atoms with E-state index in [2.05, 4.69) is 35.0 Å². The molecule has 0 aliphatic heterocycles. The smallest absolute Gasteiger partial charge is 0.119 e. The van der Waals surface area contributed by atoms with E-state index >= 15 is 0 Å². The monoisotopic (exact) mass is 407 g/mol. The van der Waals surface area contributed by atoms with Gasteiger partial charge in [0.1, 0.15) is 18.5 Å². The molecule has 0 bridgehead atoms. The number of benzene rings is 1. The van der Waals surface area contributed by atoms with Crippen molar-refractivity contribution in [2.75, 3.05) is 13.2 Å². The molecule has 4 rings (SSSR count). The summed E-state index contributed by atoms with van der Waals surface area (Å²) < 4.78 is 5.85. The molecule has 2 unspecified atom stereocenters. The number of aryl methyl sites for hydroxylation is 2. The molecule has 3 nitrogen and oxygen atoms in total. The second-order valence-electron chi connectivity index (χ2n) is 7.69. The number of thiophene rings is 1. The Morgan fingerprint density at radius 1 is 1.11 bits per heavy atom. The van der Waals surface area contributed by atoms with E-state index in [0.29, 0.717) is 25.1 Å². The standard InChI is InChI=1S/C22H29NO2S.ClH/c24-19(15-25-20-11-10-16-7-3-8-18(16)13-20)14-23-22(17-5-1-2-6-17)21-9-4-12-26-21;/h4,9-13,17,19,22-24H,1-3,5-8,14-15H2;1H. The van der Waals surface area contributed by atoms with E-state index in [0.717, 1.165) is 12.2 Å². The summed E-state index contributed by atoms with van der Waals surface area (Å²) in [5.41, 5.74) is 2.86. The lowest BCUT2D eigenvalue weighted by Crippen LogP contribution is -2.36. The Balaban J connectivity index is 0.00000210. The number of aliphatic hydroxyl groups excluding tert-OH is 1. The van der Waals surface area contributed by atoms with Crippen LogP contribution < -0.4 is 10.1 Å². The molecule has 2 N–H and O–H groups in total. The number of fused-ring (bicyclic) bond motifs is 1. The van der Waals surface area contributed by atoms with Crippen LogP contribution in [0, 0.1) is 5.92 Å². The average Bonchev–Trinajstić information content (AvgIpc) is 3.41. The molecule has 2 atom stereocenters. The molecule has 0 spiro atoms. The number of halogens is 1. The van der Waals surface area contributed by atoms with Crippen LogP contribution in [0.1, 0.15) is 54.1 Å². The second-order valence-corrected chi connectivity index (χ2v) is 8.67. The van der Waals surface area contributed by atoms with Gasteiger partial charge in [0.15, 0.2) is 0 Å². The SMILES string of the molecule is Cl.OC(CNC(c1cccs1)C1CCCC1)COc1ccc2c(c1)CCC2. The third-order valence-electron chi connectivity index (χ3n) is 5.81. The first-order valence-electron chi connectivity index (χ1n) is 9.99. The van der Waals surface area contributed by atoms with E-state index in [1.807, 2.05) is 17.4 Å². The fraction of sp³-hybridized carbons (Fsp3) is 0.545. The van der Waals surface area contributed by atoms with Crippen molar-refractivity contribution in [2.45, 2.75) is 57.1 Å². The van der Waals surface area contributed by atoms with E-state index < -0.39 is 6.10 Å². The van der Waals surface area contributed by atoms with Crippen LogP contribution in [0.25, 0.3) is 0 Å². The molecule has 0 amide bonds. The summed E-state index contributed by atoms with van der Waals surface area (Å²) in [6, 6.07) is 11.1. The summed E-state index contributed by atoms with van der Waals surface area (Å²) in [6.45, 7) is 0.914. The van der Waals surface area contributed by atoms with Gasteiger partial charge < -0.3 is 15.2 Å². The highest BCUT2D eigenvalue weighted by molar-refractivity contribution is 7.10. The van der Waals surface area contributed by atoms with Crippen molar-refractivity contribution >= 4 is 23.7 Å². The highest BCUT2D eigenvalue weighted by Gasteiger charge is 2.27. The molecular weight excluding hydrogens is 378 g/mol. The lowest BCUT2D eigenvalue weighted by molar-refractivity contribution is 0.101. The molecule has 0 saturated heterocycles. The van der Waals surface area contributed by atoms with Crippen LogP contribution in [-0.2, 0) is 12.8 Å². The van der Waals surface area contributed by atoms with Gasteiger partial charge >= 0.3 is 0 Å². The van der Waals surface area contributed by atoms with Crippen molar-refractivity contribution in [3.63, 3.8) is 0 Å². The van der Waals surface area contributed by atoms with Crippen LogP contribution in [0.4, 0.5) is 0 Å². The maximum atomic E-state index is 10.4. The number of hydrogen-bond acceptors (Lipinski definition) is 4. The highest BCUT2D eigenvalue weighted by atomic mass is 35.5. The minimum absolute atomic E-state index is 0. The lowest BCUT2D eigenvalue weighted by atomic mass is 9.96. The summed E-state index contributed by atoms with van der Waals surface area (Å²) in [5.74, 6) is 1.58. The molecule has 1 fully saturated rings. The molecule has 2 aromatic rings. The van der Waals surface area contributed by atoms with Gasteiger partial charge in [-0.1, -0.05) is 25.0 Å². The lowest BCUT2D eigenvalue weighted by Gasteiger charge is -2.25. The Bertz CT molecular complexity index is 700. The van der Waals surface area contributed by atoms with Gasteiger partial charge in [-0.2, -0.15) is 0 Å². The Morgan fingerprint density at radius 3 is 2.70 bits per heavy atom. The topological polar surface area (TPSA) is 41.5 Å². The molecule has 148 valence electrons. The number of ether oxygens (including phenoxy) is 1. The second kappa shape index (κ2) is 9.92. The van der Waals surface area contributed by atoms with Crippen molar-refractivity contribution in [2.24, 2.45) is 5.92 Å². The molecule has 1 heterocycles. The largest absolute Gasteiger partial charge is 0.491 e. The predicted molar refractivity (Wildman–Crippen MR) is 114 cm³/mol. The molecule has 1 aromatic heterocycles. The zero-order valence-corrected chi connectivity index (χ0v) is 17.4. The van der Waals surface area contributed by atoms with Gasteiger partial charge in [-0.25, -0.2) is 0 Å². The maximum Gasteiger partial charge on any atom is 0.119 e. The summed E-state index contributed by atoms with van der Waals surface area (Å²) >= 11 is 1.82. The molecular formula is C22H30ClNO2S. The Kier molecular flexibility index (Phi) is 7.59. The van der Waals surface area contributed by atoms with E-state index in [-0.39, 0.29) is 12.4 Å². The van der Waals surface area contributed by atoms with Crippen LogP contribution in [0.2, 0.25) is 0 Å². The third-order valence-corrected chi connectivity index (χ3v) is 6.76. The maximum absolute atomic E-state index is 10.4. The van der Waals surface area contributed by atoms with Gasteiger partial charge in [0.05, 0.1) is 0 Å². The zero-order chi connectivity index (χ0) is 17.8. The van der Waals surface area contributed by atoms with Crippen molar-refractivity contribution in [3.05, 3.63) is 51.7 Å². The quantitative estimate of drug-likeness (QED) is 0.652. The first kappa shape index (κ1) is 20.7. The van der Waals surface area contributed by atoms with Crippen LogP contribution >= 0.6 is 23.7 Å². The normalized spacial score (nSPS) is 18.7. The van der Waals surface area contributed by atoms with Gasteiger partial charge in [-0.15, -0.1) is 23.7 Å². The zero-order valence-electron chi connectivity index (χ0n) is 15.7. The third kappa shape index (κ3) is 5.26. The Labute approximate surface area is 172 Å². The van der Waals surface area contributed by atoms with Crippen molar-refractivity contribution in [1.29, 1.82) is 0 Å². The number of nitrogens with one attached hydrogen (secondary N) is 1. The predicted octanol–water partition coefficient (Wildman–Crippen LogP) is 4.92. The minimum Gasteiger partial charge on any atom is -0.491 e. The average molecular weight is 408 g/mol. The summed E-state index contributed by atoms with van der Waals surface area (Å²) in [7, 11) is 0. The van der Waals surface area contributed by atoms with Crippen LogP contribution in [0.5, 0.6) is 5.75 Å². The van der Waals surface area contributed by atoms with E-state index in [1.54, 1.807) is 0 Å². The fourth-order valence-electron chi connectivity index (χ4n) is 4.41. The molecule has 2 aliphatic carbocycles. The van der Waals surface area contributed by atoms with Crippen LogP contribution in [0.15, 0.2) is 35.7 Å². The first-order chi connectivity index (χ1) is 12.8. The van der Waals surface area contributed by atoms with Gasteiger partial charge in [-0.05, 0) is 72.7 Å². The summed E-state index contributed by atoms with van der Waals surface area (Å²) in [6.07, 6.45) is 8.34. The van der Waals surface area contributed by atoms with Crippen LogP contribution in [-0.4, -0.2) is 24.4 Å². The minimum atomic E-state index is -0.493. The fourth-order valence-corrected chi connectivity index (χ4v) is 5.30. The summed E-state index contributed by atoms with van der Waals surface area (Å²) in [4.78, 5) is 1.39. The number of aliphatic hydroxyl groups is 1. The molecule has 0 radical (unpaired) electrons. The van der Waals surface area contributed by atoms with Crippen LogP contribution in [0.3, 0.4) is 0 Å². The van der Waals surface area contributed by atoms with Gasteiger partial charge in [-0.3, -0.25) is 0 Å².